The van der Waals surface area contributed by atoms with Gasteiger partial charge in [-0.05, 0) is 24.3 Å². The number of allylic oxidation sites excluding steroid dienone is 2. The van der Waals surface area contributed by atoms with Crippen molar-refractivity contribution >= 4 is 33.6 Å². The topological polar surface area (TPSA) is 65.1 Å². The van der Waals surface area contributed by atoms with Crippen LogP contribution >= 0.6 is 15.9 Å². The molecule has 0 aliphatic carbocycles. The van der Waals surface area contributed by atoms with Gasteiger partial charge in [0, 0.05) is 16.7 Å². The van der Waals surface area contributed by atoms with E-state index in [0.29, 0.717) is 0 Å². The van der Waals surface area contributed by atoms with E-state index in [1.54, 1.807) is 0 Å². The number of carbonyl (C=O) groups excluding carboxylic acids is 2. The van der Waals surface area contributed by atoms with Gasteiger partial charge < -0.3 is 19.1 Å². The van der Waals surface area contributed by atoms with Crippen molar-refractivity contribution in [2.75, 3.05) is 19.1 Å². The van der Waals surface area contributed by atoms with Gasteiger partial charge >= 0.3 is 18.3 Å². The molecule has 6 nitrogen and oxygen atoms in total. The Morgan fingerprint density at radius 1 is 1.04 bits per heavy atom. The molecule has 1 aliphatic heterocycles. The maximum atomic E-state index is 12.6. The van der Waals surface area contributed by atoms with Gasteiger partial charge in [-0.15, -0.1) is 13.2 Å². The molecule has 0 fully saturated rings. The van der Waals surface area contributed by atoms with E-state index >= 15 is 0 Å². The quantitative estimate of drug-likeness (QED) is 0.653. The smallest absolute Gasteiger partial charge is 0.465 e. The van der Waals surface area contributed by atoms with E-state index in [0.717, 1.165) is 26.4 Å². The van der Waals surface area contributed by atoms with Crippen LogP contribution in [0, 0.1) is 0 Å². The van der Waals surface area contributed by atoms with Crippen LogP contribution in [0.15, 0.2) is 58.4 Å². The molecule has 0 spiro atoms. The van der Waals surface area contributed by atoms with Crippen molar-refractivity contribution in [3.05, 3.63) is 58.4 Å². The molecule has 0 atom stereocenters. The molecule has 1 aromatic carbocycles. The van der Waals surface area contributed by atoms with Crippen LogP contribution in [0.1, 0.15) is 0 Å². The molecular formula is C17H13BrF3NO5. The summed E-state index contributed by atoms with van der Waals surface area (Å²) in [7, 11) is 2.24. The van der Waals surface area contributed by atoms with Crippen molar-refractivity contribution in [1.82, 2.24) is 0 Å². The Bertz CT molecular complexity index is 845. The van der Waals surface area contributed by atoms with Crippen molar-refractivity contribution in [2.45, 2.75) is 6.36 Å². The van der Waals surface area contributed by atoms with Gasteiger partial charge in [0.1, 0.15) is 11.4 Å². The maximum Gasteiger partial charge on any atom is 0.573 e. The molecular weight excluding hydrogens is 435 g/mol. The van der Waals surface area contributed by atoms with Crippen molar-refractivity contribution in [2.24, 2.45) is 0 Å². The Morgan fingerprint density at radius 3 is 2.30 bits per heavy atom. The molecule has 1 aromatic rings. The first-order valence-corrected chi connectivity index (χ1v) is 8.07. The predicted octanol–water partition coefficient (Wildman–Crippen LogP) is 3.84. The van der Waals surface area contributed by atoms with Gasteiger partial charge in [-0.25, -0.2) is 9.59 Å². The van der Waals surface area contributed by atoms with E-state index in [9.17, 15) is 22.8 Å². The Hall–Kier alpha value is -2.75. The second-order valence-electron chi connectivity index (χ2n) is 5.01. The average Bonchev–Trinajstić information content (AvgIpc) is 2.81. The molecule has 27 heavy (non-hydrogen) atoms. The number of halogens is 4. The number of hydrogen-bond acceptors (Lipinski definition) is 6. The fraction of sp³-hybridized carbons (Fsp3) is 0.176. The number of hydrogen-bond donors (Lipinski definition) is 0. The number of esters is 2. The maximum absolute atomic E-state index is 12.6. The number of nitrogens with zero attached hydrogens (tertiary/aromatic N) is 1. The molecule has 144 valence electrons. The summed E-state index contributed by atoms with van der Waals surface area (Å²) < 4.78 is 51.3. The third kappa shape index (κ3) is 5.13. The van der Waals surface area contributed by atoms with E-state index in [2.05, 4.69) is 25.4 Å². The Labute approximate surface area is 160 Å². The average molecular weight is 448 g/mol. The molecule has 0 aromatic heterocycles. The minimum Gasteiger partial charge on any atom is -0.465 e. The summed E-state index contributed by atoms with van der Waals surface area (Å²) in [5.74, 6) is -2.21. The number of alkyl halides is 3. The van der Waals surface area contributed by atoms with Gasteiger partial charge in [0.15, 0.2) is 0 Å². The molecule has 0 saturated carbocycles. The highest BCUT2D eigenvalue weighted by molar-refractivity contribution is 9.10. The molecule has 0 amide bonds. The van der Waals surface area contributed by atoms with E-state index in [-0.39, 0.29) is 21.4 Å². The standard InChI is InChI=1S/C17H13BrF3NO5/c1-25-15(23)13-5-3-4-6-22(14(13)16(24)26-2)11-7-10(18)8-12(9-11)27-17(19,20)21/h3-9H,1-2H3. The van der Waals surface area contributed by atoms with E-state index < -0.39 is 24.1 Å². The van der Waals surface area contributed by atoms with Gasteiger partial charge in [-0.1, -0.05) is 22.0 Å². The highest BCUT2D eigenvalue weighted by Crippen LogP contribution is 2.34. The summed E-state index contributed by atoms with van der Waals surface area (Å²) in [6, 6.07) is 3.61. The first kappa shape index (κ1) is 20.6. The fourth-order valence-corrected chi connectivity index (χ4v) is 2.71. The normalized spacial score (nSPS) is 14.1. The minimum atomic E-state index is -4.90. The third-order valence-electron chi connectivity index (χ3n) is 3.26. The van der Waals surface area contributed by atoms with Crippen molar-refractivity contribution in [3.63, 3.8) is 0 Å². The summed E-state index contributed by atoms with van der Waals surface area (Å²) in [4.78, 5) is 25.6. The van der Waals surface area contributed by atoms with Crippen LogP contribution in [0.3, 0.4) is 0 Å². The number of benzene rings is 1. The monoisotopic (exact) mass is 447 g/mol. The summed E-state index contributed by atoms with van der Waals surface area (Å²) in [5.41, 5.74) is -0.247. The van der Waals surface area contributed by atoms with Crippen LogP contribution in [0.5, 0.6) is 5.75 Å². The molecule has 1 heterocycles. The van der Waals surface area contributed by atoms with Crippen LogP contribution in [-0.4, -0.2) is 32.5 Å². The number of methoxy groups -OCH3 is 2. The lowest BCUT2D eigenvalue weighted by Crippen LogP contribution is -2.27. The van der Waals surface area contributed by atoms with Crippen molar-refractivity contribution < 1.29 is 37.0 Å². The molecule has 0 radical (unpaired) electrons. The summed E-state index contributed by atoms with van der Waals surface area (Å²) in [6.45, 7) is 0. The van der Waals surface area contributed by atoms with Crippen LogP contribution in [-0.2, 0) is 19.1 Å². The van der Waals surface area contributed by atoms with Crippen molar-refractivity contribution in [3.8, 4) is 5.75 Å². The summed E-state index contributed by atoms with van der Waals surface area (Å²) in [6.07, 6.45) is 0.786. The van der Waals surface area contributed by atoms with Crippen LogP contribution < -0.4 is 9.64 Å². The number of anilines is 1. The minimum absolute atomic E-state index is 0.116. The fourth-order valence-electron chi connectivity index (χ4n) is 2.25. The lowest BCUT2D eigenvalue weighted by molar-refractivity contribution is -0.274. The van der Waals surface area contributed by atoms with Crippen LogP contribution in [0.25, 0.3) is 0 Å². The zero-order chi connectivity index (χ0) is 20.2. The van der Waals surface area contributed by atoms with Crippen LogP contribution in [0.4, 0.5) is 18.9 Å². The van der Waals surface area contributed by atoms with Crippen LogP contribution in [0.2, 0.25) is 0 Å². The van der Waals surface area contributed by atoms with E-state index in [1.165, 1.54) is 35.4 Å². The lowest BCUT2D eigenvalue weighted by atomic mass is 10.1. The number of carbonyl (C=O) groups is 2. The van der Waals surface area contributed by atoms with Gasteiger partial charge in [0.2, 0.25) is 0 Å². The molecule has 0 bridgehead atoms. The first-order chi connectivity index (χ1) is 12.7. The number of ether oxygens (including phenoxy) is 3. The second kappa shape index (κ2) is 8.30. The van der Waals surface area contributed by atoms with Gasteiger partial charge in [-0.2, -0.15) is 0 Å². The highest BCUT2D eigenvalue weighted by atomic mass is 79.9. The summed E-state index contributed by atoms with van der Waals surface area (Å²) in [5, 5.41) is 0. The Kier molecular flexibility index (Phi) is 6.32. The molecule has 1 aliphatic rings. The zero-order valence-corrected chi connectivity index (χ0v) is 15.6. The Balaban J connectivity index is 2.63. The SMILES string of the molecule is COC(=O)C1=C(C(=O)OC)N(c2cc(Br)cc(OC(F)(F)F)c2)C=CC=C1. The molecule has 2 rings (SSSR count). The van der Waals surface area contributed by atoms with Gasteiger partial charge in [0.05, 0.1) is 25.5 Å². The number of rotatable bonds is 4. The zero-order valence-electron chi connectivity index (χ0n) is 14.0. The van der Waals surface area contributed by atoms with Gasteiger partial charge in [0.25, 0.3) is 0 Å². The van der Waals surface area contributed by atoms with Crippen molar-refractivity contribution in [1.29, 1.82) is 0 Å². The highest BCUT2D eigenvalue weighted by Gasteiger charge is 2.32. The molecule has 0 N–H and O–H groups in total. The van der Waals surface area contributed by atoms with E-state index in [4.69, 9.17) is 4.74 Å². The molecule has 0 unspecified atom stereocenters. The second-order valence-corrected chi connectivity index (χ2v) is 5.92. The lowest BCUT2D eigenvalue weighted by Gasteiger charge is -2.24. The molecule has 0 saturated heterocycles. The Morgan fingerprint density at radius 2 is 1.70 bits per heavy atom. The van der Waals surface area contributed by atoms with E-state index in [1.807, 2.05) is 0 Å². The summed E-state index contributed by atoms with van der Waals surface area (Å²) >= 11 is 3.10. The van der Waals surface area contributed by atoms with Gasteiger partial charge in [-0.3, -0.25) is 0 Å². The predicted molar refractivity (Wildman–Crippen MR) is 92.6 cm³/mol. The first-order valence-electron chi connectivity index (χ1n) is 7.27. The largest absolute Gasteiger partial charge is 0.573 e. The molecule has 10 heteroatoms. The third-order valence-corrected chi connectivity index (χ3v) is 3.71.